The highest BCUT2D eigenvalue weighted by Gasteiger charge is 2.19. The molecule has 0 aliphatic rings. The number of nitrogens with zero attached hydrogens (tertiary/aromatic N) is 2. The molecule has 0 aliphatic carbocycles. The Morgan fingerprint density at radius 1 is 0.778 bits per heavy atom. The summed E-state index contributed by atoms with van der Waals surface area (Å²) >= 11 is 11.1. The van der Waals surface area contributed by atoms with Crippen LogP contribution in [0.4, 0.5) is 15.8 Å². The highest BCUT2D eigenvalue weighted by atomic mass is 32.1. The predicted molar refractivity (Wildman–Crippen MR) is 123 cm³/mol. The molecule has 4 nitrogen and oxygen atoms in total. The van der Waals surface area contributed by atoms with Crippen LogP contribution < -0.4 is 10.6 Å². The first kappa shape index (κ1) is 23.6. The second kappa shape index (κ2) is 10.2. The van der Waals surface area contributed by atoms with E-state index in [0.717, 1.165) is 5.69 Å². The van der Waals surface area contributed by atoms with Crippen molar-refractivity contribution in [2.45, 2.75) is 79.6 Å². The molecule has 0 aliphatic heterocycles. The van der Waals surface area contributed by atoms with Crippen LogP contribution >= 0.6 is 24.4 Å². The summed E-state index contributed by atoms with van der Waals surface area (Å²) in [6.45, 7) is 16.6. The van der Waals surface area contributed by atoms with Gasteiger partial charge in [-0.25, -0.2) is 4.39 Å². The summed E-state index contributed by atoms with van der Waals surface area (Å²) in [5.74, 6) is -0.356. The van der Waals surface area contributed by atoms with E-state index >= 15 is 0 Å². The van der Waals surface area contributed by atoms with Crippen molar-refractivity contribution in [1.82, 2.24) is 9.80 Å². The molecule has 27 heavy (non-hydrogen) atoms. The monoisotopic (exact) mass is 412 g/mol. The van der Waals surface area contributed by atoms with E-state index in [4.69, 9.17) is 24.4 Å². The van der Waals surface area contributed by atoms with Crippen molar-refractivity contribution in [3.63, 3.8) is 0 Å². The highest BCUT2D eigenvalue weighted by Crippen LogP contribution is 2.22. The molecule has 0 radical (unpaired) electrons. The molecule has 0 aromatic heterocycles. The standard InChI is InChI=1S/C20H33FN4S2/c1-12(2)24(13(3)4)19(26)22-16-9-10-17(21)18(11-16)23-20(27)25(14(5)6)15(7)8/h9-15H,1-8H3,(H,22,26)(H,23,27). The SMILES string of the molecule is CC(C)N(C(=S)Nc1ccc(F)c(NC(=S)N(C(C)C)C(C)C)c1)C(C)C. The van der Waals surface area contributed by atoms with Gasteiger partial charge in [0.05, 0.1) is 5.69 Å². The third-order valence-corrected chi connectivity index (χ3v) is 4.78. The maximum atomic E-state index is 14.3. The minimum atomic E-state index is -0.356. The lowest BCUT2D eigenvalue weighted by Crippen LogP contribution is -2.44. The van der Waals surface area contributed by atoms with Crippen LogP contribution in [0.5, 0.6) is 0 Å². The molecular formula is C20H33FN4S2. The van der Waals surface area contributed by atoms with Crippen LogP contribution in [0.1, 0.15) is 55.4 Å². The highest BCUT2D eigenvalue weighted by molar-refractivity contribution is 7.80. The van der Waals surface area contributed by atoms with Gasteiger partial charge in [0, 0.05) is 29.9 Å². The minimum Gasteiger partial charge on any atom is -0.344 e. The number of hydrogen-bond acceptors (Lipinski definition) is 2. The van der Waals surface area contributed by atoms with Gasteiger partial charge in [-0.2, -0.15) is 0 Å². The third kappa shape index (κ3) is 6.57. The van der Waals surface area contributed by atoms with Crippen molar-refractivity contribution in [3.05, 3.63) is 24.0 Å². The van der Waals surface area contributed by atoms with Crippen LogP contribution in [0, 0.1) is 5.82 Å². The van der Waals surface area contributed by atoms with Gasteiger partial charge in [0.1, 0.15) is 5.82 Å². The van der Waals surface area contributed by atoms with Gasteiger partial charge in [-0.05, 0) is 98.0 Å². The molecular weight excluding hydrogens is 379 g/mol. The van der Waals surface area contributed by atoms with Gasteiger partial charge in [-0.3, -0.25) is 0 Å². The van der Waals surface area contributed by atoms with Crippen LogP contribution in [0.2, 0.25) is 0 Å². The lowest BCUT2D eigenvalue weighted by atomic mass is 10.2. The molecule has 0 saturated heterocycles. The summed E-state index contributed by atoms with van der Waals surface area (Å²) in [4.78, 5) is 4.15. The van der Waals surface area contributed by atoms with E-state index in [1.807, 2.05) is 4.90 Å². The van der Waals surface area contributed by atoms with Crippen molar-refractivity contribution in [2.24, 2.45) is 0 Å². The Kier molecular flexibility index (Phi) is 8.88. The molecule has 0 bridgehead atoms. The second-order valence-corrected chi connectivity index (χ2v) is 8.52. The number of rotatable bonds is 6. The quantitative estimate of drug-likeness (QED) is 0.604. The van der Waals surface area contributed by atoms with Gasteiger partial charge >= 0.3 is 0 Å². The van der Waals surface area contributed by atoms with E-state index in [1.165, 1.54) is 6.07 Å². The molecule has 0 heterocycles. The van der Waals surface area contributed by atoms with E-state index in [9.17, 15) is 4.39 Å². The lowest BCUT2D eigenvalue weighted by Gasteiger charge is -2.34. The molecule has 2 N–H and O–H groups in total. The Labute approximate surface area is 174 Å². The van der Waals surface area contributed by atoms with Gasteiger partial charge in [0.25, 0.3) is 0 Å². The van der Waals surface area contributed by atoms with Crippen molar-refractivity contribution in [1.29, 1.82) is 0 Å². The maximum Gasteiger partial charge on any atom is 0.173 e. The van der Waals surface area contributed by atoms with Crippen molar-refractivity contribution >= 4 is 46.0 Å². The summed E-state index contributed by atoms with van der Waals surface area (Å²) in [7, 11) is 0. The first-order chi connectivity index (χ1) is 12.5. The van der Waals surface area contributed by atoms with Crippen LogP contribution in [0.15, 0.2) is 18.2 Å². The molecule has 0 unspecified atom stereocenters. The number of nitrogens with one attached hydrogen (secondary N) is 2. The fourth-order valence-corrected chi connectivity index (χ4v) is 4.27. The maximum absolute atomic E-state index is 14.3. The zero-order valence-corrected chi connectivity index (χ0v) is 19.3. The summed E-state index contributed by atoms with van der Waals surface area (Å²) < 4.78 is 14.3. The molecule has 0 spiro atoms. The summed E-state index contributed by atoms with van der Waals surface area (Å²) in [6.07, 6.45) is 0. The molecule has 0 atom stereocenters. The fourth-order valence-electron chi connectivity index (χ4n) is 3.20. The normalized spacial score (nSPS) is 11.3. The number of anilines is 2. The average Bonchev–Trinajstić information content (AvgIpc) is 2.48. The molecule has 0 saturated carbocycles. The molecule has 0 fully saturated rings. The zero-order chi connectivity index (χ0) is 20.9. The van der Waals surface area contributed by atoms with Crippen LogP contribution in [-0.4, -0.2) is 44.2 Å². The number of thiocarbonyl (C=S) groups is 2. The Bertz CT molecular complexity index is 643. The fraction of sp³-hybridized carbons (Fsp3) is 0.600. The topological polar surface area (TPSA) is 30.5 Å². The van der Waals surface area contributed by atoms with Crippen molar-refractivity contribution < 1.29 is 4.39 Å². The Morgan fingerprint density at radius 3 is 1.59 bits per heavy atom. The molecule has 7 heteroatoms. The Morgan fingerprint density at radius 2 is 1.19 bits per heavy atom. The second-order valence-electron chi connectivity index (χ2n) is 7.74. The summed E-state index contributed by atoms with van der Waals surface area (Å²) in [6, 6.07) is 5.76. The predicted octanol–water partition coefficient (Wildman–Crippen LogP) is 5.46. The van der Waals surface area contributed by atoms with Gasteiger partial charge in [-0.1, -0.05) is 0 Å². The molecule has 0 amide bonds. The minimum absolute atomic E-state index is 0.215. The number of halogens is 1. The van der Waals surface area contributed by atoms with Crippen LogP contribution in [0.25, 0.3) is 0 Å². The van der Waals surface area contributed by atoms with E-state index in [0.29, 0.717) is 15.9 Å². The first-order valence-corrected chi connectivity index (χ1v) is 10.3. The lowest BCUT2D eigenvalue weighted by molar-refractivity contribution is 0.296. The van der Waals surface area contributed by atoms with Gasteiger partial charge in [-0.15, -0.1) is 0 Å². The molecule has 1 rings (SSSR count). The van der Waals surface area contributed by atoms with Crippen LogP contribution in [-0.2, 0) is 0 Å². The van der Waals surface area contributed by atoms with Crippen molar-refractivity contribution in [3.8, 4) is 0 Å². The summed E-state index contributed by atoms with van der Waals surface area (Å²) in [5.41, 5.74) is 1.05. The molecule has 1 aromatic carbocycles. The number of hydrogen-bond donors (Lipinski definition) is 2. The number of benzene rings is 1. The first-order valence-electron chi connectivity index (χ1n) is 9.43. The van der Waals surface area contributed by atoms with E-state index in [2.05, 4.69) is 70.9 Å². The van der Waals surface area contributed by atoms with Gasteiger partial charge in [0.2, 0.25) is 0 Å². The van der Waals surface area contributed by atoms with Crippen LogP contribution in [0.3, 0.4) is 0 Å². The van der Waals surface area contributed by atoms with Gasteiger partial charge in [0.15, 0.2) is 10.2 Å². The molecule has 152 valence electrons. The largest absolute Gasteiger partial charge is 0.344 e. The van der Waals surface area contributed by atoms with E-state index in [-0.39, 0.29) is 30.0 Å². The van der Waals surface area contributed by atoms with E-state index in [1.54, 1.807) is 12.1 Å². The molecule has 1 aromatic rings. The van der Waals surface area contributed by atoms with Crippen molar-refractivity contribution in [2.75, 3.05) is 10.6 Å². The average molecular weight is 413 g/mol. The summed E-state index contributed by atoms with van der Waals surface area (Å²) in [5, 5.41) is 7.38. The third-order valence-electron chi connectivity index (χ3n) is 4.15. The smallest absolute Gasteiger partial charge is 0.173 e. The Hall–Kier alpha value is -1.47. The zero-order valence-electron chi connectivity index (χ0n) is 17.6. The van der Waals surface area contributed by atoms with Gasteiger partial charge < -0.3 is 20.4 Å². The Balaban J connectivity index is 3.00. The van der Waals surface area contributed by atoms with E-state index < -0.39 is 0 Å².